The molecule has 0 aliphatic rings. The van der Waals surface area contributed by atoms with E-state index < -0.39 is 46.1 Å². The molecule has 8 nitrogen and oxygen atoms in total. The van der Waals surface area contributed by atoms with Crippen LogP contribution in [0.4, 0.5) is 0 Å². The second kappa shape index (κ2) is 11.1. The number of benzene rings is 1. The van der Waals surface area contributed by atoms with E-state index in [1.807, 2.05) is 0 Å². The molecule has 1 aromatic carbocycles. The highest BCUT2D eigenvalue weighted by Gasteiger charge is 2.30. The SMILES string of the molecule is CCCCCCCCCCc1c(C(=O)O)c(C(N)=O)cc(C(=O)O)c1C(=O)O. The first kappa shape index (κ1) is 23.1. The van der Waals surface area contributed by atoms with E-state index in [4.69, 9.17) is 5.73 Å². The van der Waals surface area contributed by atoms with E-state index in [1.54, 1.807) is 0 Å². The lowest BCUT2D eigenvalue weighted by atomic mass is 9.88. The zero-order valence-corrected chi connectivity index (χ0v) is 16.0. The lowest BCUT2D eigenvalue weighted by molar-refractivity contribution is 0.0646. The Hall–Kier alpha value is -2.90. The van der Waals surface area contributed by atoms with Gasteiger partial charge in [-0.05, 0) is 24.5 Å². The highest BCUT2D eigenvalue weighted by Crippen LogP contribution is 2.27. The molecule has 0 saturated heterocycles. The summed E-state index contributed by atoms with van der Waals surface area (Å²) in [6.07, 6.45) is 7.80. The highest BCUT2D eigenvalue weighted by molar-refractivity contribution is 6.11. The minimum absolute atomic E-state index is 0.0413. The third-order valence-corrected chi connectivity index (χ3v) is 4.63. The maximum absolute atomic E-state index is 11.7. The number of carboxylic acid groups (broad SMARTS) is 3. The number of carbonyl (C=O) groups excluding carboxylic acids is 1. The second-order valence-corrected chi connectivity index (χ2v) is 6.70. The summed E-state index contributed by atoms with van der Waals surface area (Å²) in [5, 5.41) is 28.3. The largest absolute Gasteiger partial charge is 0.478 e. The molecule has 0 fully saturated rings. The van der Waals surface area contributed by atoms with Crippen LogP contribution >= 0.6 is 0 Å². The summed E-state index contributed by atoms with van der Waals surface area (Å²) in [6.45, 7) is 2.13. The Morgan fingerprint density at radius 3 is 1.64 bits per heavy atom. The predicted molar refractivity (Wildman–Crippen MR) is 102 cm³/mol. The van der Waals surface area contributed by atoms with Gasteiger partial charge in [0.05, 0.1) is 22.3 Å². The molecule has 28 heavy (non-hydrogen) atoms. The van der Waals surface area contributed by atoms with Crippen molar-refractivity contribution in [2.45, 2.75) is 64.7 Å². The normalized spacial score (nSPS) is 10.6. The summed E-state index contributed by atoms with van der Waals surface area (Å²) >= 11 is 0. The molecular formula is C20H27NO7. The van der Waals surface area contributed by atoms with E-state index in [9.17, 15) is 34.5 Å². The molecule has 0 spiro atoms. The van der Waals surface area contributed by atoms with E-state index >= 15 is 0 Å². The molecule has 5 N–H and O–H groups in total. The number of amides is 1. The quantitative estimate of drug-likeness (QED) is 0.373. The summed E-state index contributed by atoms with van der Waals surface area (Å²) in [7, 11) is 0. The number of unbranched alkanes of at least 4 members (excludes halogenated alkanes) is 7. The van der Waals surface area contributed by atoms with Gasteiger partial charge in [-0.3, -0.25) is 4.79 Å². The first-order chi connectivity index (χ1) is 13.2. The van der Waals surface area contributed by atoms with Crippen molar-refractivity contribution in [3.63, 3.8) is 0 Å². The van der Waals surface area contributed by atoms with Gasteiger partial charge >= 0.3 is 17.9 Å². The summed E-state index contributed by atoms with van der Waals surface area (Å²) in [5.41, 5.74) is 2.78. The highest BCUT2D eigenvalue weighted by atomic mass is 16.4. The fourth-order valence-corrected chi connectivity index (χ4v) is 3.28. The van der Waals surface area contributed by atoms with Crippen LogP contribution in [0.25, 0.3) is 0 Å². The van der Waals surface area contributed by atoms with Crippen LogP contribution in [0.1, 0.15) is 105 Å². The number of aromatic carboxylic acids is 3. The molecule has 0 bridgehead atoms. The van der Waals surface area contributed by atoms with Gasteiger partial charge in [0.25, 0.3) is 0 Å². The van der Waals surface area contributed by atoms with Crippen LogP contribution in [0.5, 0.6) is 0 Å². The van der Waals surface area contributed by atoms with Crippen LogP contribution in [0.3, 0.4) is 0 Å². The Morgan fingerprint density at radius 2 is 1.21 bits per heavy atom. The van der Waals surface area contributed by atoms with Crippen LogP contribution in [0, 0.1) is 0 Å². The van der Waals surface area contributed by atoms with Crippen LogP contribution < -0.4 is 5.73 Å². The predicted octanol–water partition coefficient (Wildman–Crippen LogP) is 3.56. The minimum Gasteiger partial charge on any atom is -0.478 e. The molecule has 0 unspecified atom stereocenters. The maximum Gasteiger partial charge on any atom is 0.336 e. The average Bonchev–Trinajstić information content (AvgIpc) is 2.61. The fraction of sp³-hybridized carbons (Fsp3) is 0.500. The van der Waals surface area contributed by atoms with Crippen molar-refractivity contribution in [3.8, 4) is 0 Å². The molecule has 0 atom stereocenters. The van der Waals surface area contributed by atoms with Crippen molar-refractivity contribution in [1.29, 1.82) is 0 Å². The van der Waals surface area contributed by atoms with Crippen LogP contribution in [0.15, 0.2) is 6.07 Å². The molecule has 0 aliphatic carbocycles. The molecule has 0 radical (unpaired) electrons. The van der Waals surface area contributed by atoms with Crippen LogP contribution in [-0.2, 0) is 6.42 Å². The van der Waals surface area contributed by atoms with Crippen molar-refractivity contribution in [3.05, 3.63) is 33.9 Å². The first-order valence-electron chi connectivity index (χ1n) is 9.41. The van der Waals surface area contributed by atoms with Gasteiger partial charge in [-0.1, -0.05) is 51.9 Å². The molecule has 8 heteroatoms. The van der Waals surface area contributed by atoms with E-state index in [2.05, 4.69) is 6.92 Å². The number of hydrogen-bond acceptors (Lipinski definition) is 4. The second-order valence-electron chi connectivity index (χ2n) is 6.70. The van der Waals surface area contributed by atoms with Gasteiger partial charge in [0.15, 0.2) is 0 Å². The van der Waals surface area contributed by atoms with E-state index in [0.717, 1.165) is 44.6 Å². The molecule has 0 aromatic heterocycles. The van der Waals surface area contributed by atoms with Crippen molar-refractivity contribution >= 4 is 23.8 Å². The van der Waals surface area contributed by atoms with Gasteiger partial charge in [-0.25, -0.2) is 14.4 Å². The zero-order chi connectivity index (χ0) is 21.3. The average molecular weight is 393 g/mol. The molecule has 1 amide bonds. The fourth-order valence-electron chi connectivity index (χ4n) is 3.28. The van der Waals surface area contributed by atoms with Crippen molar-refractivity contribution in [2.24, 2.45) is 5.73 Å². The lowest BCUT2D eigenvalue weighted by Gasteiger charge is -2.15. The van der Waals surface area contributed by atoms with Crippen LogP contribution in [-0.4, -0.2) is 39.1 Å². The molecule has 0 aliphatic heterocycles. The number of primary amides is 1. The number of nitrogens with two attached hydrogens (primary N) is 1. The van der Waals surface area contributed by atoms with Gasteiger partial charge < -0.3 is 21.1 Å². The summed E-state index contributed by atoms with van der Waals surface area (Å²) < 4.78 is 0. The first-order valence-corrected chi connectivity index (χ1v) is 9.41. The maximum atomic E-state index is 11.7. The van der Waals surface area contributed by atoms with Crippen molar-refractivity contribution < 1.29 is 34.5 Å². The summed E-state index contributed by atoms with van der Waals surface area (Å²) in [6, 6.07) is 0.731. The lowest BCUT2D eigenvalue weighted by Crippen LogP contribution is -2.23. The Labute approximate surface area is 163 Å². The third-order valence-electron chi connectivity index (χ3n) is 4.63. The Kier molecular flexibility index (Phi) is 9.14. The van der Waals surface area contributed by atoms with E-state index in [1.165, 1.54) is 6.42 Å². The van der Waals surface area contributed by atoms with Gasteiger partial charge in [0.2, 0.25) is 5.91 Å². The third kappa shape index (κ3) is 6.07. The van der Waals surface area contributed by atoms with Crippen molar-refractivity contribution in [2.75, 3.05) is 0 Å². The minimum atomic E-state index is -1.56. The molecular weight excluding hydrogens is 366 g/mol. The van der Waals surface area contributed by atoms with Crippen molar-refractivity contribution in [1.82, 2.24) is 0 Å². The van der Waals surface area contributed by atoms with E-state index in [-0.39, 0.29) is 12.0 Å². The van der Waals surface area contributed by atoms with Gasteiger partial charge in [0, 0.05) is 0 Å². The van der Waals surface area contributed by atoms with Gasteiger partial charge in [-0.2, -0.15) is 0 Å². The molecule has 1 rings (SSSR count). The van der Waals surface area contributed by atoms with Gasteiger partial charge in [0.1, 0.15) is 0 Å². The van der Waals surface area contributed by atoms with Crippen LogP contribution in [0.2, 0.25) is 0 Å². The number of carbonyl (C=O) groups is 4. The number of rotatable bonds is 13. The Morgan fingerprint density at radius 1 is 0.750 bits per heavy atom. The standard InChI is InChI=1S/C20H27NO7/c1-2-3-4-5-6-7-8-9-10-12-15(19(25)26)13(17(21)22)11-14(18(23)24)16(12)20(27)28/h11H,2-10H2,1H3,(H2,21,22)(H,23,24)(H,25,26)(H,27,28). The summed E-state index contributed by atoms with van der Waals surface area (Å²) in [5.74, 6) is -5.74. The molecule has 0 saturated carbocycles. The van der Waals surface area contributed by atoms with E-state index in [0.29, 0.717) is 6.42 Å². The monoisotopic (exact) mass is 393 g/mol. The van der Waals surface area contributed by atoms with Gasteiger partial charge in [-0.15, -0.1) is 0 Å². The number of hydrogen-bond donors (Lipinski definition) is 4. The zero-order valence-electron chi connectivity index (χ0n) is 16.0. The molecule has 154 valence electrons. The topological polar surface area (TPSA) is 155 Å². The number of carboxylic acids is 3. The Bertz CT molecular complexity index is 705. The smallest absolute Gasteiger partial charge is 0.336 e. The molecule has 0 heterocycles. The molecule has 1 aromatic rings. The Balaban J connectivity index is 3.15. The summed E-state index contributed by atoms with van der Waals surface area (Å²) in [4.78, 5) is 46.5.